The van der Waals surface area contributed by atoms with E-state index in [1.165, 1.54) is 14.0 Å². The number of nitrogens with one attached hydrogen (secondary N) is 1. The molecule has 2 saturated heterocycles. The van der Waals surface area contributed by atoms with Crippen LogP contribution in [0.1, 0.15) is 88.0 Å². The number of nitrogens with zero attached hydrogens (tertiary/aromatic N) is 2. The van der Waals surface area contributed by atoms with Gasteiger partial charge >= 0.3 is 12.2 Å². The number of aliphatic imine (C=N–C) groups is 1. The molecule has 0 radical (unpaired) electrons. The van der Waals surface area contributed by atoms with Crippen LogP contribution in [0.4, 0.5) is 9.59 Å². The number of aliphatic hydroxyl groups is 3. The van der Waals surface area contributed by atoms with Crippen molar-refractivity contribution in [3.63, 3.8) is 0 Å². The third-order valence-corrected chi connectivity index (χ3v) is 9.27. The first-order valence-electron chi connectivity index (χ1n) is 17.2. The molecule has 15 heteroatoms. The highest BCUT2D eigenvalue weighted by atomic mass is 16.7. The SMILES string of the molecule is C=C(C)C1CC(NC(=O)OC(C)(C)C)C(C2OC(CC)CCC2N=C(N)N)C(O)C1OC1OCC(C)(O)C(N(C)C(=O)OC(C)(C)C)C1O. The summed E-state index contributed by atoms with van der Waals surface area (Å²) in [5.74, 6) is -1.48. The number of hydrogen-bond donors (Lipinski definition) is 6. The van der Waals surface area contributed by atoms with Crippen LogP contribution in [-0.2, 0) is 23.7 Å². The number of alkyl carbamates (subject to hydrolysis) is 1. The summed E-state index contributed by atoms with van der Waals surface area (Å²) in [5, 5.41) is 38.1. The number of carbonyl (C=O) groups is 2. The fourth-order valence-corrected chi connectivity index (χ4v) is 7.15. The van der Waals surface area contributed by atoms with E-state index in [0.717, 1.165) is 4.90 Å². The molecule has 2 aliphatic heterocycles. The Morgan fingerprint density at radius 2 is 1.69 bits per heavy atom. The Balaban J connectivity index is 2.02. The van der Waals surface area contributed by atoms with Gasteiger partial charge in [0.1, 0.15) is 22.9 Å². The van der Waals surface area contributed by atoms with Gasteiger partial charge in [-0.15, -0.1) is 0 Å². The van der Waals surface area contributed by atoms with Gasteiger partial charge < -0.3 is 60.7 Å². The number of likely N-dealkylation sites (N-methyl/N-ethyl adjacent to an activating group) is 1. The van der Waals surface area contributed by atoms with E-state index in [1.807, 2.05) is 6.92 Å². The standard InChI is InChI=1S/C34H61N5O10/c1-12-18-13-14-20(37-29(35)36)26(46-18)22-21(38-30(42)48-32(4,5)6)15-19(17(2)3)25(23(22)40)47-28-24(41)27(34(10,44)16-45-28)39(11)31(43)49-33(7,8)9/h18-28,40-41,44H,2,12-16H2,1,3-11H3,(H,38,42)(H4,35,36,37). The van der Waals surface area contributed by atoms with E-state index in [9.17, 15) is 24.9 Å². The van der Waals surface area contributed by atoms with Gasteiger partial charge in [0.25, 0.3) is 0 Å². The van der Waals surface area contributed by atoms with E-state index in [1.54, 1.807) is 48.5 Å². The number of hydrogen-bond acceptors (Lipinski definition) is 11. The summed E-state index contributed by atoms with van der Waals surface area (Å²) in [6.45, 7) is 19.5. The molecule has 0 aromatic heterocycles. The fraction of sp³-hybridized carbons (Fsp3) is 0.853. The Morgan fingerprint density at radius 3 is 2.22 bits per heavy atom. The summed E-state index contributed by atoms with van der Waals surface area (Å²) in [5.41, 5.74) is 9.03. The summed E-state index contributed by atoms with van der Waals surface area (Å²) in [6, 6.07) is -2.41. The lowest BCUT2D eigenvalue weighted by Gasteiger charge is -2.52. The molecule has 0 spiro atoms. The Labute approximate surface area is 290 Å². The predicted octanol–water partition coefficient (Wildman–Crippen LogP) is 2.14. The first-order chi connectivity index (χ1) is 22.5. The van der Waals surface area contributed by atoms with Crippen LogP contribution in [-0.4, -0.2) is 124 Å². The van der Waals surface area contributed by atoms with Crippen molar-refractivity contribution in [1.82, 2.24) is 10.2 Å². The highest BCUT2D eigenvalue weighted by Crippen LogP contribution is 2.43. The predicted molar refractivity (Wildman–Crippen MR) is 182 cm³/mol. The molecule has 8 N–H and O–H groups in total. The van der Waals surface area contributed by atoms with Gasteiger partial charge in [-0.05, 0) is 81.1 Å². The zero-order valence-electron chi connectivity index (χ0n) is 30.8. The third-order valence-electron chi connectivity index (χ3n) is 9.27. The number of amides is 2. The van der Waals surface area contributed by atoms with E-state index in [2.05, 4.69) is 16.9 Å². The van der Waals surface area contributed by atoms with E-state index >= 15 is 0 Å². The van der Waals surface area contributed by atoms with Crippen molar-refractivity contribution in [3.05, 3.63) is 12.2 Å². The molecular formula is C34H61N5O10. The monoisotopic (exact) mass is 699 g/mol. The van der Waals surface area contributed by atoms with Crippen molar-refractivity contribution in [2.24, 2.45) is 28.3 Å². The van der Waals surface area contributed by atoms with Gasteiger partial charge in [-0.1, -0.05) is 19.1 Å². The number of nitrogens with two attached hydrogens (primary N) is 2. The van der Waals surface area contributed by atoms with Crippen LogP contribution in [0.3, 0.4) is 0 Å². The maximum atomic E-state index is 13.2. The number of guanidine groups is 1. The van der Waals surface area contributed by atoms with Gasteiger partial charge in [0.2, 0.25) is 0 Å². The average molecular weight is 700 g/mol. The molecule has 282 valence electrons. The van der Waals surface area contributed by atoms with Gasteiger partial charge in [0, 0.05) is 24.9 Å². The lowest BCUT2D eigenvalue weighted by molar-refractivity contribution is -0.308. The van der Waals surface area contributed by atoms with Crippen molar-refractivity contribution in [2.45, 2.75) is 160 Å². The summed E-state index contributed by atoms with van der Waals surface area (Å²) in [6.07, 6.45) is -5.34. The van der Waals surface area contributed by atoms with Crippen LogP contribution in [0.2, 0.25) is 0 Å². The van der Waals surface area contributed by atoms with Crippen molar-refractivity contribution < 1.29 is 48.6 Å². The molecule has 0 aromatic carbocycles. The number of aliphatic hydroxyl groups excluding tert-OH is 2. The van der Waals surface area contributed by atoms with Crippen LogP contribution < -0.4 is 16.8 Å². The van der Waals surface area contributed by atoms with Gasteiger partial charge in [-0.2, -0.15) is 0 Å². The molecule has 0 bridgehead atoms. The summed E-state index contributed by atoms with van der Waals surface area (Å²) < 4.78 is 30.0. The minimum absolute atomic E-state index is 0.131. The van der Waals surface area contributed by atoms with Crippen molar-refractivity contribution in [2.75, 3.05) is 13.7 Å². The van der Waals surface area contributed by atoms with Crippen molar-refractivity contribution >= 4 is 18.1 Å². The lowest BCUT2D eigenvalue weighted by Crippen LogP contribution is -2.69. The number of ether oxygens (including phenoxy) is 5. The normalized spacial score (nSPS) is 37.0. The highest BCUT2D eigenvalue weighted by Gasteiger charge is 2.56. The van der Waals surface area contributed by atoms with E-state index in [0.29, 0.717) is 24.8 Å². The molecule has 0 aromatic rings. The van der Waals surface area contributed by atoms with Crippen molar-refractivity contribution in [3.8, 4) is 0 Å². The first-order valence-corrected chi connectivity index (χ1v) is 17.2. The molecule has 49 heavy (non-hydrogen) atoms. The van der Waals surface area contributed by atoms with Crippen LogP contribution in [0.25, 0.3) is 0 Å². The zero-order chi connectivity index (χ0) is 37.2. The fourth-order valence-electron chi connectivity index (χ4n) is 7.15. The lowest BCUT2D eigenvalue weighted by atomic mass is 9.68. The summed E-state index contributed by atoms with van der Waals surface area (Å²) in [7, 11) is 1.42. The smallest absolute Gasteiger partial charge is 0.410 e. The molecule has 12 atom stereocenters. The second-order valence-corrected chi connectivity index (χ2v) is 16.0. The second-order valence-electron chi connectivity index (χ2n) is 16.0. The Morgan fingerprint density at radius 1 is 1.08 bits per heavy atom. The first kappa shape index (κ1) is 40.7. The molecule has 3 rings (SSSR count). The summed E-state index contributed by atoms with van der Waals surface area (Å²) in [4.78, 5) is 31.8. The third kappa shape index (κ3) is 10.4. The van der Waals surface area contributed by atoms with E-state index in [-0.39, 0.29) is 25.1 Å². The molecular weight excluding hydrogens is 638 g/mol. The zero-order valence-corrected chi connectivity index (χ0v) is 30.8. The van der Waals surface area contributed by atoms with Gasteiger partial charge in [-0.25, -0.2) is 14.6 Å². The largest absolute Gasteiger partial charge is 0.444 e. The number of rotatable bonds is 8. The van der Waals surface area contributed by atoms with E-state index < -0.39 is 89.7 Å². The van der Waals surface area contributed by atoms with Crippen LogP contribution >= 0.6 is 0 Å². The maximum Gasteiger partial charge on any atom is 0.410 e. The summed E-state index contributed by atoms with van der Waals surface area (Å²) >= 11 is 0. The molecule has 3 aliphatic rings. The van der Waals surface area contributed by atoms with Crippen molar-refractivity contribution in [1.29, 1.82) is 0 Å². The Hall–Kier alpha value is -2.69. The van der Waals surface area contributed by atoms with Gasteiger partial charge in [-0.3, -0.25) is 0 Å². The second kappa shape index (κ2) is 15.7. The topological polar surface area (TPSA) is 221 Å². The molecule has 1 aliphatic carbocycles. The van der Waals surface area contributed by atoms with Gasteiger partial charge in [0.05, 0.1) is 43.1 Å². The molecule has 2 amide bonds. The number of carbonyl (C=O) groups excluding carboxylic acids is 2. The Kier molecular flexibility index (Phi) is 13.0. The van der Waals surface area contributed by atoms with E-state index in [4.69, 9.17) is 35.2 Å². The van der Waals surface area contributed by atoms with Crippen LogP contribution in [0, 0.1) is 11.8 Å². The molecule has 15 nitrogen and oxygen atoms in total. The average Bonchev–Trinajstić information content (AvgIpc) is 2.93. The minimum atomic E-state index is -1.67. The quantitative estimate of drug-likeness (QED) is 0.122. The van der Waals surface area contributed by atoms with Crippen LogP contribution in [0.5, 0.6) is 0 Å². The maximum absolute atomic E-state index is 13.2. The highest BCUT2D eigenvalue weighted by molar-refractivity contribution is 5.76. The molecule has 1 saturated carbocycles. The molecule has 2 heterocycles. The Bertz CT molecular complexity index is 1200. The minimum Gasteiger partial charge on any atom is -0.444 e. The van der Waals surface area contributed by atoms with Gasteiger partial charge in [0.15, 0.2) is 12.2 Å². The van der Waals surface area contributed by atoms with Crippen LogP contribution in [0.15, 0.2) is 17.1 Å². The molecule has 12 unspecified atom stereocenters. The molecule has 3 fully saturated rings.